The second-order valence-electron chi connectivity index (χ2n) is 6.30. The van der Waals surface area contributed by atoms with Crippen molar-refractivity contribution in [3.8, 4) is 0 Å². The summed E-state index contributed by atoms with van der Waals surface area (Å²) in [5.41, 5.74) is 0.900. The molecule has 7 nitrogen and oxygen atoms in total. The Morgan fingerprint density at radius 2 is 1.96 bits per heavy atom. The van der Waals surface area contributed by atoms with E-state index in [0.717, 1.165) is 31.5 Å². The van der Waals surface area contributed by atoms with E-state index in [1.807, 2.05) is 17.0 Å². The molecule has 1 aliphatic rings. The number of nitrogens with zero attached hydrogens (tertiary/aromatic N) is 4. The molecule has 2 heterocycles. The smallest absolute Gasteiger partial charge is 0.353 e. The van der Waals surface area contributed by atoms with E-state index in [9.17, 15) is 10.1 Å². The summed E-state index contributed by atoms with van der Waals surface area (Å²) < 4.78 is 0. The van der Waals surface area contributed by atoms with Gasteiger partial charge in [0.2, 0.25) is 11.6 Å². The fraction of sp³-hybridized carbons (Fsp3) is 0.412. The van der Waals surface area contributed by atoms with Crippen LogP contribution in [0.4, 0.5) is 17.3 Å². The molecule has 2 aromatic rings. The van der Waals surface area contributed by atoms with Gasteiger partial charge in [0, 0.05) is 24.7 Å². The molecule has 1 fully saturated rings. The second kappa shape index (κ2) is 7.65. The van der Waals surface area contributed by atoms with Gasteiger partial charge in [-0.05, 0) is 36.5 Å². The Morgan fingerprint density at radius 1 is 1.28 bits per heavy atom. The number of piperidine rings is 1. The molecule has 0 atom stereocenters. The second-order valence-corrected chi connectivity index (χ2v) is 6.74. The molecule has 0 unspecified atom stereocenters. The van der Waals surface area contributed by atoms with Crippen LogP contribution in [-0.2, 0) is 6.54 Å². The third-order valence-electron chi connectivity index (χ3n) is 4.44. The van der Waals surface area contributed by atoms with Crippen LogP contribution in [0, 0.1) is 16.0 Å². The van der Waals surface area contributed by atoms with E-state index in [-0.39, 0.29) is 11.5 Å². The van der Waals surface area contributed by atoms with Gasteiger partial charge in [-0.1, -0.05) is 30.7 Å². The molecule has 132 valence electrons. The Labute approximate surface area is 151 Å². The van der Waals surface area contributed by atoms with Gasteiger partial charge >= 0.3 is 5.69 Å². The molecule has 1 aromatic carbocycles. The summed E-state index contributed by atoms with van der Waals surface area (Å²) in [7, 11) is 0. The Balaban J connectivity index is 1.82. The number of hydrogen-bond acceptors (Lipinski definition) is 6. The summed E-state index contributed by atoms with van der Waals surface area (Å²) in [5, 5.41) is 15.4. The Bertz CT molecular complexity index is 745. The standard InChI is InChI=1S/C17H20ClN5O2/c1-12-6-8-22(9-7-12)17-15(23(24)25)16(20-11-21-17)19-10-13-2-4-14(18)5-3-13/h2-5,11-12H,6-10H2,1H3,(H,19,20,21). The number of nitrogens with one attached hydrogen (secondary N) is 1. The predicted octanol–water partition coefficient (Wildman–Crippen LogP) is 3.89. The van der Waals surface area contributed by atoms with E-state index in [1.165, 1.54) is 6.33 Å². The van der Waals surface area contributed by atoms with Crippen molar-refractivity contribution in [2.75, 3.05) is 23.3 Å². The van der Waals surface area contributed by atoms with Crippen LogP contribution in [0.2, 0.25) is 5.02 Å². The van der Waals surface area contributed by atoms with Crippen molar-refractivity contribution in [1.29, 1.82) is 0 Å². The summed E-state index contributed by atoms with van der Waals surface area (Å²) in [4.78, 5) is 21.5. The lowest BCUT2D eigenvalue weighted by molar-refractivity contribution is -0.383. The predicted molar refractivity (Wildman–Crippen MR) is 98.1 cm³/mol. The Hall–Kier alpha value is -2.41. The minimum atomic E-state index is -0.405. The van der Waals surface area contributed by atoms with Gasteiger partial charge in [-0.15, -0.1) is 0 Å². The zero-order chi connectivity index (χ0) is 17.8. The largest absolute Gasteiger partial charge is 0.360 e. The maximum atomic E-state index is 11.6. The molecular weight excluding hydrogens is 342 g/mol. The molecule has 1 saturated heterocycles. The lowest BCUT2D eigenvalue weighted by Gasteiger charge is -2.30. The maximum absolute atomic E-state index is 11.6. The Kier molecular flexibility index (Phi) is 5.33. The van der Waals surface area contributed by atoms with Crippen LogP contribution >= 0.6 is 11.6 Å². The molecule has 0 saturated carbocycles. The molecule has 3 rings (SSSR count). The first-order valence-electron chi connectivity index (χ1n) is 8.27. The number of halogens is 1. The summed E-state index contributed by atoms with van der Waals surface area (Å²) in [6, 6.07) is 7.31. The van der Waals surface area contributed by atoms with Crippen molar-refractivity contribution in [3.05, 3.63) is 51.3 Å². The maximum Gasteiger partial charge on any atom is 0.353 e. The number of hydrogen-bond donors (Lipinski definition) is 1. The minimum absolute atomic E-state index is 0.0639. The highest BCUT2D eigenvalue weighted by molar-refractivity contribution is 6.30. The van der Waals surface area contributed by atoms with Crippen LogP contribution in [0.15, 0.2) is 30.6 Å². The van der Waals surface area contributed by atoms with Gasteiger partial charge in [-0.25, -0.2) is 9.97 Å². The number of benzene rings is 1. The first-order chi connectivity index (χ1) is 12.0. The Morgan fingerprint density at radius 3 is 2.60 bits per heavy atom. The molecule has 0 aliphatic carbocycles. The van der Waals surface area contributed by atoms with Crippen molar-refractivity contribution < 1.29 is 4.92 Å². The highest BCUT2D eigenvalue weighted by atomic mass is 35.5. The monoisotopic (exact) mass is 361 g/mol. The number of rotatable bonds is 5. The van der Waals surface area contributed by atoms with Crippen LogP contribution in [0.25, 0.3) is 0 Å². The lowest BCUT2D eigenvalue weighted by atomic mass is 9.99. The van der Waals surface area contributed by atoms with Gasteiger partial charge in [-0.3, -0.25) is 10.1 Å². The fourth-order valence-electron chi connectivity index (χ4n) is 2.91. The molecule has 8 heteroatoms. The molecule has 0 spiro atoms. The highest BCUT2D eigenvalue weighted by Crippen LogP contribution is 2.34. The van der Waals surface area contributed by atoms with Crippen LogP contribution in [0.1, 0.15) is 25.3 Å². The van der Waals surface area contributed by atoms with Crippen LogP contribution in [-0.4, -0.2) is 28.0 Å². The van der Waals surface area contributed by atoms with E-state index >= 15 is 0 Å². The summed E-state index contributed by atoms with van der Waals surface area (Å²) in [6.07, 6.45) is 3.40. The molecule has 0 amide bonds. The van der Waals surface area contributed by atoms with E-state index in [2.05, 4.69) is 22.2 Å². The van der Waals surface area contributed by atoms with Crippen LogP contribution in [0.5, 0.6) is 0 Å². The molecule has 1 aromatic heterocycles. The fourth-order valence-corrected chi connectivity index (χ4v) is 3.03. The third kappa shape index (κ3) is 4.17. The summed E-state index contributed by atoms with van der Waals surface area (Å²) in [5.74, 6) is 1.27. The zero-order valence-electron chi connectivity index (χ0n) is 14.0. The van der Waals surface area contributed by atoms with Crippen LogP contribution < -0.4 is 10.2 Å². The molecule has 0 radical (unpaired) electrons. The quantitative estimate of drug-likeness (QED) is 0.642. The van der Waals surface area contributed by atoms with Gasteiger partial charge in [0.05, 0.1) is 4.92 Å². The van der Waals surface area contributed by atoms with Crippen molar-refractivity contribution in [2.45, 2.75) is 26.3 Å². The molecule has 0 bridgehead atoms. The molecular formula is C17H20ClN5O2. The van der Waals surface area contributed by atoms with Crippen molar-refractivity contribution in [3.63, 3.8) is 0 Å². The van der Waals surface area contributed by atoms with Gasteiger partial charge in [0.25, 0.3) is 0 Å². The van der Waals surface area contributed by atoms with E-state index in [4.69, 9.17) is 11.6 Å². The van der Waals surface area contributed by atoms with Crippen LogP contribution in [0.3, 0.4) is 0 Å². The van der Waals surface area contributed by atoms with Gasteiger partial charge in [-0.2, -0.15) is 0 Å². The number of anilines is 2. The van der Waals surface area contributed by atoms with Gasteiger partial charge in [0.1, 0.15) is 6.33 Å². The van der Waals surface area contributed by atoms with Crippen molar-refractivity contribution in [1.82, 2.24) is 9.97 Å². The molecule has 1 N–H and O–H groups in total. The first kappa shape index (κ1) is 17.4. The SMILES string of the molecule is CC1CCN(c2ncnc(NCc3ccc(Cl)cc3)c2[N+](=O)[O-])CC1. The third-order valence-corrected chi connectivity index (χ3v) is 4.69. The zero-order valence-corrected chi connectivity index (χ0v) is 14.7. The number of aromatic nitrogens is 2. The minimum Gasteiger partial charge on any atom is -0.360 e. The highest BCUT2D eigenvalue weighted by Gasteiger charge is 2.28. The first-order valence-corrected chi connectivity index (χ1v) is 8.65. The number of nitro groups is 1. The molecule has 1 aliphatic heterocycles. The summed E-state index contributed by atoms with van der Waals surface area (Å²) >= 11 is 5.88. The van der Waals surface area contributed by atoms with Crippen molar-refractivity contribution in [2.24, 2.45) is 5.92 Å². The van der Waals surface area contributed by atoms with Gasteiger partial charge in [0.15, 0.2) is 0 Å². The lowest BCUT2D eigenvalue weighted by Crippen LogP contribution is -2.34. The van der Waals surface area contributed by atoms with Gasteiger partial charge < -0.3 is 10.2 Å². The average molecular weight is 362 g/mol. The van der Waals surface area contributed by atoms with E-state index < -0.39 is 4.92 Å². The van der Waals surface area contributed by atoms with Crippen molar-refractivity contribution >= 4 is 28.9 Å². The summed E-state index contributed by atoms with van der Waals surface area (Å²) in [6.45, 7) is 4.17. The van der Waals surface area contributed by atoms with E-state index in [0.29, 0.717) is 23.3 Å². The van der Waals surface area contributed by atoms with E-state index in [1.54, 1.807) is 12.1 Å². The average Bonchev–Trinajstić information content (AvgIpc) is 2.61. The topological polar surface area (TPSA) is 84.2 Å². The normalized spacial score (nSPS) is 15.2. The molecule has 25 heavy (non-hydrogen) atoms.